The zero-order chi connectivity index (χ0) is 13.3. The maximum Gasteiger partial charge on any atom is 0.128 e. The van der Waals surface area contributed by atoms with E-state index in [4.69, 9.17) is 21.1 Å². The molecule has 3 nitrogen and oxygen atoms in total. The first-order valence-electron chi connectivity index (χ1n) is 6.20. The predicted molar refractivity (Wildman–Crippen MR) is 73.6 cm³/mol. The van der Waals surface area contributed by atoms with Gasteiger partial charge in [-0.3, -0.25) is 0 Å². The molecule has 1 aliphatic carbocycles. The lowest BCUT2D eigenvalue weighted by atomic mass is 9.85. The zero-order valence-corrected chi connectivity index (χ0v) is 12.0. The molecule has 0 bridgehead atoms. The minimum Gasteiger partial charge on any atom is -0.488 e. The van der Waals surface area contributed by atoms with Crippen molar-refractivity contribution in [2.75, 3.05) is 14.2 Å². The van der Waals surface area contributed by atoms with E-state index in [1.807, 2.05) is 33.0 Å². The van der Waals surface area contributed by atoms with E-state index < -0.39 is 0 Å². The number of hydrogen-bond donors (Lipinski definition) is 1. The van der Waals surface area contributed by atoms with Gasteiger partial charge < -0.3 is 14.8 Å². The minimum absolute atomic E-state index is 0.117. The molecule has 1 aliphatic rings. The highest BCUT2D eigenvalue weighted by atomic mass is 35.5. The maximum atomic E-state index is 6.15. The average Bonchev–Trinajstić information content (AvgIpc) is 2.31. The van der Waals surface area contributed by atoms with E-state index in [0.717, 1.165) is 28.3 Å². The highest BCUT2D eigenvalue weighted by Gasteiger charge is 2.42. The number of nitrogens with one attached hydrogen (secondary N) is 1. The highest BCUT2D eigenvalue weighted by Crippen LogP contribution is 2.31. The van der Waals surface area contributed by atoms with E-state index in [1.165, 1.54) is 0 Å². The van der Waals surface area contributed by atoms with Crippen LogP contribution in [-0.2, 0) is 4.74 Å². The van der Waals surface area contributed by atoms with Gasteiger partial charge in [-0.05, 0) is 44.2 Å². The van der Waals surface area contributed by atoms with Crippen LogP contribution < -0.4 is 10.1 Å². The van der Waals surface area contributed by atoms with Crippen LogP contribution in [0.4, 0.5) is 0 Å². The van der Waals surface area contributed by atoms with Crippen molar-refractivity contribution >= 4 is 11.6 Å². The van der Waals surface area contributed by atoms with E-state index in [2.05, 4.69) is 5.32 Å². The van der Waals surface area contributed by atoms with E-state index in [1.54, 1.807) is 7.11 Å². The summed E-state index contributed by atoms with van der Waals surface area (Å²) in [5, 5.41) is 4.04. The Kier molecular flexibility index (Phi) is 4.15. The first-order chi connectivity index (χ1) is 8.56. The SMILES string of the molecule is CNC1CC(Oc2cc(C)c(Cl)c(C)c2)C1OC. The van der Waals surface area contributed by atoms with Crippen LogP contribution in [0.15, 0.2) is 12.1 Å². The Bertz CT molecular complexity index is 413. The van der Waals surface area contributed by atoms with Crippen molar-refractivity contribution in [1.82, 2.24) is 5.32 Å². The molecule has 100 valence electrons. The Balaban J connectivity index is 2.07. The maximum absolute atomic E-state index is 6.15. The third kappa shape index (κ3) is 2.48. The summed E-state index contributed by atoms with van der Waals surface area (Å²) in [4.78, 5) is 0. The summed E-state index contributed by atoms with van der Waals surface area (Å²) < 4.78 is 11.4. The fourth-order valence-corrected chi connectivity index (χ4v) is 2.55. The Morgan fingerprint density at radius 2 is 1.89 bits per heavy atom. The fraction of sp³-hybridized carbons (Fsp3) is 0.571. The molecule has 0 spiro atoms. The molecule has 3 unspecified atom stereocenters. The third-order valence-electron chi connectivity index (χ3n) is 3.59. The van der Waals surface area contributed by atoms with Gasteiger partial charge in [0.25, 0.3) is 0 Å². The third-order valence-corrected chi connectivity index (χ3v) is 4.19. The topological polar surface area (TPSA) is 30.5 Å². The van der Waals surface area contributed by atoms with Crippen LogP contribution in [-0.4, -0.2) is 32.4 Å². The molecular weight excluding hydrogens is 250 g/mol. The van der Waals surface area contributed by atoms with Gasteiger partial charge in [0.1, 0.15) is 18.0 Å². The number of benzene rings is 1. The van der Waals surface area contributed by atoms with Crippen LogP contribution in [0.2, 0.25) is 5.02 Å². The molecule has 3 atom stereocenters. The molecule has 1 N–H and O–H groups in total. The highest BCUT2D eigenvalue weighted by molar-refractivity contribution is 6.32. The molecule has 1 aromatic rings. The molecule has 0 aliphatic heterocycles. The second kappa shape index (κ2) is 5.47. The number of aryl methyl sites for hydroxylation is 2. The smallest absolute Gasteiger partial charge is 0.128 e. The van der Waals surface area contributed by atoms with Crippen molar-refractivity contribution in [2.24, 2.45) is 0 Å². The number of methoxy groups -OCH3 is 1. The quantitative estimate of drug-likeness (QED) is 0.912. The molecule has 1 aromatic carbocycles. The van der Waals surface area contributed by atoms with Crippen molar-refractivity contribution in [3.05, 3.63) is 28.3 Å². The molecule has 4 heteroatoms. The van der Waals surface area contributed by atoms with Crippen LogP contribution in [0.3, 0.4) is 0 Å². The number of rotatable bonds is 4. The summed E-state index contributed by atoms with van der Waals surface area (Å²) in [6.07, 6.45) is 1.20. The summed E-state index contributed by atoms with van der Waals surface area (Å²) in [7, 11) is 3.67. The van der Waals surface area contributed by atoms with E-state index >= 15 is 0 Å². The van der Waals surface area contributed by atoms with E-state index in [9.17, 15) is 0 Å². The van der Waals surface area contributed by atoms with Crippen molar-refractivity contribution < 1.29 is 9.47 Å². The molecule has 2 rings (SSSR count). The summed E-state index contributed by atoms with van der Waals surface area (Å²) in [6.45, 7) is 3.99. The lowest BCUT2D eigenvalue weighted by molar-refractivity contribution is -0.0869. The number of ether oxygens (including phenoxy) is 2. The fourth-order valence-electron chi connectivity index (χ4n) is 2.44. The van der Waals surface area contributed by atoms with Crippen LogP contribution in [0, 0.1) is 13.8 Å². The van der Waals surface area contributed by atoms with Gasteiger partial charge >= 0.3 is 0 Å². The molecule has 0 amide bonds. The first-order valence-corrected chi connectivity index (χ1v) is 6.58. The largest absolute Gasteiger partial charge is 0.488 e. The van der Waals surface area contributed by atoms with Gasteiger partial charge in [0, 0.05) is 24.6 Å². The van der Waals surface area contributed by atoms with Crippen molar-refractivity contribution in [2.45, 2.75) is 38.5 Å². The van der Waals surface area contributed by atoms with Gasteiger partial charge in [0.2, 0.25) is 0 Å². The summed E-state index contributed by atoms with van der Waals surface area (Å²) >= 11 is 6.15. The Morgan fingerprint density at radius 3 is 2.39 bits per heavy atom. The number of likely N-dealkylation sites (N-methyl/N-ethyl adjacent to an activating group) is 1. The Hall–Kier alpha value is -0.770. The summed E-state index contributed by atoms with van der Waals surface area (Å²) in [6, 6.07) is 4.35. The average molecular weight is 270 g/mol. The van der Waals surface area contributed by atoms with Gasteiger partial charge in [0.15, 0.2) is 0 Å². The van der Waals surface area contributed by atoms with E-state index in [-0.39, 0.29) is 12.2 Å². The molecule has 1 fully saturated rings. The molecule has 0 aromatic heterocycles. The van der Waals surface area contributed by atoms with E-state index in [0.29, 0.717) is 6.04 Å². The molecule has 0 saturated heterocycles. The second-order valence-corrected chi connectivity index (χ2v) is 5.24. The number of halogens is 1. The van der Waals surface area contributed by atoms with Crippen LogP contribution in [0.25, 0.3) is 0 Å². The Labute approximate surface area is 113 Å². The van der Waals surface area contributed by atoms with Gasteiger partial charge in [-0.1, -0.05) is 11.6 Å². The van der Waals surface area contributed by atoms with Crippen molar-refractivity contribution in [3.63, 3.8) is 0 Å². The second-order valence-electron chi connectivity index (χ2n) is 4.86. The molecule has 0 heterocycles. The zero-order valence-electron chi connectivity index (χ0n) is 11.3. The monoisotopic (exact) mass is 269 g/mol. The predicted octanol–water partition coefficient (Wildman–Crippen LogP) is 2.71. The summed E-state index contributed by atoms with van der Waals surface area (Å²) in [5.74, 6) is 0.871. The van der Waals surface area contributed by atoms with Crippen molar-refractivity contribution in [1.29, 1.82) is 0 Å². The van der Waals surface area contributed by atoms with Gasteiger partial charge in [-0.2, -0.15) is 0 Å². The minimum atomic E-state index is 0.117. The lowest BCUT2D eigenvalue weighted by Crippen LogP contribution is -2.60. The van der Waals surface area contributed by atoms with Crippen molar-refractivity contribution in [3.8, 4) is 5.75 Å². The number of hydrogen-bond acceptors (Lipinski definition) is 3. The van der Waals surface area contributed by atoms with Gasteiger partial charge in [-0.15, -0.1) is 0 Å². The van der Waals surface area contributed by atoms with Crippen LogP contribution in [0.5, 0.6) is 5.75 Å². The molecule has 0 radical (unpaired) electrons. The molecular formula is C14H20ClNO2. The first kappa shape index (κ1) is 13.7. The normalized spacial score (nSPS) is 26.8. The van der Waals surface area contributed by atoms with Gasteiger partial charge in [-0.25, -0.2) is 0 Å². The summed E-state index contributed by atoms with van der Waals surface area (Å²) in [5.41, 5.74) is 2.09. The van der Waals surface area contributed by atoms with Crippen LogP contribution >= 0.6 is 11.6 Å². The van der Waals surface area contributed by atoms with Crippen LogP contribution in [0.1, 0.15) is 17.5 Å². The lowest BCUT2D eigenvalue weighted by Gasteiger charge is -2.43. The molecule has 1 saturated carbocycles. The standard InChI is InChI=1S/C14H20ClNO2/c1-8-5-10(6-9(2)13(8)15)18-12-7-11(16-3)14(12)17-4/h5-6,11-12,14,16H,7H2,1-4H3. The van der Waals surface area contributed by atoms with Gasteiger partial charge in [0.05, 0.1) is 0 Å². The molecule has 18 heavy (non-hydrogen) atoms. The Morgan fingerprint density at radius 1 is 1.28 bits per heavy atom.